The molecule has 0 saturated carbocycles. The zero-order chi connectivity index (χ0) is 6.83. The normalized spacial score (nSPS) is 7.50. The molecule has 0 aromatic rings. The average molecular weight is 122 g/mol. The van der Waals surface area contributed by atoms with E-state index in [4.69, 9.17) is 5.11 Å². The van der Waals surface area contributed by atoms with Gasteiger partial charge in [0.25, 0.3) is 0 Å². The van der Waals surface area contributed by atoms with Crippen LogP contribution in [0.1, 0.15) is 0 Å². The third-order valence-electron chi connectivity index (χ3n) is 0.295. The van der Waals surface area contributed by atoms with Crippen LogP contribution in [-0.2, 0) is 9.47 Å². The van der Waals surface area contributed by atoms with Crippen LogP contribution in [-0.4, -0.2) is 39.6 Å². The van der Waals surface area contributed by atoms with Crippen LogP contribution in [0.4, 0.5) is 0 Å². The fraction of sp³-hybridized carbons (Fsp3) is 1.00. The zero-order valence-electron chi connectivity index (χ0n) is 5.68. The summed E-state index contributed by atoms with van der Waals surface area (Å²) in [4.78, 5) is 0. The molecule has 0 aliphatic heterocycles. The quantitative estimate of drug-likeness (QED) is 0.555. The lowest BCUT2D eigenvalue weighted by Gasteiger charge is -1.84. The lowest BCUT2D eigenvalue weighted by molar-refractivity contribution is 0.135. The predicted octanol–water partition coefficient (Wildman–Crippen LogP) is -0.112. The second-order valence-electron chi connectivity index (χ2n) is 1.12. The minimum atomic E-state index is 0.122. The van der Waals surface area contributed by atoms with Crippen LogP contribution in [0.5, 0.6) is 0 Å². The molecular formula is C5H14O3. The SMILES string of the molecule is COC.COCCO. The lowest BCUT2D eigenvalue weighted by atomic mass is 10.8. The van der Waals surface area contributed by atoms with Crippen LogP contribution in [0.25, 0.3) is 0 Å². The molecule has 52 valence electrons. The highest BCUT2D eigenvalue weighted by Crippen LogP contribution is 1.56. The molecule has 3 nitrogen and oxygen atoms in total. The average Bonchev–Trinajstić information content (AvgIpc) is 1.71. The first-order valence-electron chi connectivity index (χ1n) is 2.33. The summed E-state index contributed by atoms with van der Waals surface area (Å²) in [7, 11) is 4.80. The van der Waals surface area contributed by atoms with Gasteiger partial charge in [-0.2, -0.15) is 0 Å². The van der Waals surface area contributed by atoms with Crippen LogP contribution in [0.15, 0.2) is 0 Å². The predicted molar refractivity (Wildman–Crippen MR) is 31.9 cm³/mol. The van der Waals surface area contributed by atoms with Crippen molar-refractivity contribution in [3.8, 4) is 0 Å². The summed E-state index contributed by atoms with van der Waals surface area (Å²) in [6.45, 7) is 0.566. The molecule has 0 aliphatic rings. The first-order chi connectivity index (χ1) is 3.83. The number of ether oxygens (including phenoxy) is 2. The molecule has 0 fully saturated rings. The van der Waals surface area contributed by atoms with Crippen molar-refractivity contribution < 1.29 is 14.6 Å². The highest BCUT2D eigenvalue weighted by atomic mass is 16.5. The van der Waals surface area contributed by atoms with Crippen molar-refractivity contribution in [3.63, 3.8) is 0 Å². The summed E-state index contributed by atoms with van der Waals surface area (Å²) >= 11 is 0. The Balaban J connectivity index is 0. The molecule has 1 N–H and O–H groups in total. The van der Waals surface area contributed by atoms with Gasteiger partial charge in [-0.3, -0.25) is 0 Å². The number of aliphatic hydroxyl groups is 1. The Labute approximate surface area is 50.2 Å². The van der Waals surface area contributed by atoms with Crippen LogP contribution in [0, 0.1) is 0 Å². The summed E-state index contributed by atoms with van der Waals surface area (Å²) in [5, 5.41) is 7.94. The third-order valence-corrected chi connectivity index (χ3v) is 0.295. The van der Waals surface area contributed by atoms with Gasteiger partial charge in [0, 0.05) is 21.3 Å². The Morgan fingerprint density at radius 3 is 1.62 bits per heavy atom. The van der Waals surface area contributed by atoms with E-state index in [0.29, 0.717) is 6.61 Å². The standard InChI is InChI=1S/C3H8O2.C2H6O/c1-5-3-2-4;1-3-2/h4H,2-3H2,1H3;1-2H3. The number of methoxy groups -OCH3 is 2. The van der Waals surface area contributed by atoms with Gasteiger partial charge in [0.1, 0.15) is 0 Å². The Bertz CT molecular complexity index is 21.6. The summed E-state index contributed by atoms with van der Waals surface area (Å²) < 4.78 is 8.69. The van der Waals surface area contributed by atoms with Crippen molar-refractivity contribution in [2.45, 2.75) is 0 Å². The van der Waals surface area contributed by atoms with Gasteiger partial charge in [-0.1, -0.05) is 0 Å². The van der Waals surface area contributed by atoms with Crippen molar-refractivity contribution in [2.75, 3.05) is 34.5 Å². The Morgan fingerprint density at radius 1 is 1.25 bits per heavy atom. The van der Waals surface area contributed by atoms with E-state index in [1.807, 2.05) is 0 Å². The molecule has 0 bridgehead atoms. The molecule has 0 rings (SSSR count). The minimum Gasteiger partial charge on any atom is -0.394 e. The summed E-state index contributed by atoms with van der Waals surface area (Å²) in [6, 6.07) is 0. The molecule has 0 spiro atoms. The van der Waals surface area contributed by atoms with Gasteiger partial charge >= 0.3 is 0 Å². The molecule has 0 heterocycles. The second-order valence-corrected chi connectivity index (χ2v) is 1.12. The van der Waals surface area contributed by atoms with Crippen molar-refractivity contribution in [2.24, 2.45) is 0 Å². The van der Waals surface area contributed by atoms with Crippen molar-refractivity contribution in [1.82, 2.24) is 0 Å². The maximum atomic E-state index is 7.94. The van der Waals surface area contributed by atoms with E-state index in [9.17, 15) is 0 Å². The largest absolute Gasteiger partial charge is 0.394 e. The summed E-state index contributed by atoms with van der Waals surface area (Å²) in [5.74, 6) is 0. The number of rotatable bonds is 2. The maximum absolute atomic E-state index is 7.94. The summed E-state index contributed by atoms with van der Waals surface area (Å²) in [6.07, 6.45) is 0. The van der Waals surface area contributed by atoms with Gasteiger partial charge in [0.2, 0.25) is 0 Å². The van der Waals surface area contributed by atoms with Gasteiger partial charge in [-0.25, -0.2) is 0 Å². The molecular weight excluding hydrogens is 108 g/mol. The minimum absolute atomic E-state index is 0.122. The van der Waals surface area contributed by atoms with E-state index < -0.39 is 0 Å². The van der Waals surface area contributed by atoms with Crippen molar-refractivity contribution in [1.29, 1.82) is 0 Å². The van der Waals surface area contributed by atoms with E-state index in [0.717, 1.165) is 0 Å². The molecule has 0 aliphatic carbocycles. The lowest BCUT2D eigenvalue weighted by Crippen LogP contribution is -1.91. The fourth-order valence-electron chi connectivity index (χ4n) is 0.0913. The van der Waals surface area contributed by atoms with Crippen LogP contribution in [0.3, 0.4) is 0 Å². The molecule has 8 heavy (non-hydrogen) atoms. The highest BCUT2D eigenvalue weighted by molar-refractivity contribution is 4.12. The maximum Gasteiger partial charge on any atom is 0.0693 e. The van der Waals surface area contributed by atoms with Crippen molar-refractivity contribution in [3.05, 3.63) is 0 Å². The van der Waals surface area contributed by atoms with E-state index in [2.05, 4.69) is 9.47 Å². The smallest absolute Gasteiger partial charge is 0.0693 e. The highest BCUT2D eigenvalue weighted by Gasteiger charge is 1.67. The molecule has 0 amide bonds. The van der Waals surface area contributed by atoms with Gasteiger partial charge in [0.05, 0.1) is 13.2 Å². The fourth-order valence-corrected chi connectivity index (χ4v) is 0.0913. The van der Waals surface area contributed by atoms with Gasteiger partial charge in [-0.05, 0) is 0 Å². The van der Waals surface area contributed by atoms with Gasteiger partial charge in [0.15, 0.2) is 0 Å². The number of hydrogen-bond donors (Lipinski definition) is 1. The third kappa shape index (κ3) is 39.6. The van der Waals surface area contributed by atoms with E-state index in [1.54, 1.807) is 21.3 Å². The summed E-state index contributed by atoms with van der Waals surface area (Å²) in [5.41, 5.74) is 0. The first-order valence-corrected chi connectivity index (χ1v) is 2.33. The molecule has 0 aromatic carbocycles. The second kappa shape index (κ2) is 15.8. The first kappa shape index (κ1) is 10.8. The Hall–Kier alpha value is -0.120. The monoisotopic (exact) mass is 122 g/mol. The Kier molecular flexibility index (Phi) is 21.3. The molecule has 0 atom stereocenters. The van der Waals surface area contributed by atoms with Crippen LogP contribution >= 0.6 is 0 Å². The molecule has 0 saturated heterocycles. The van der Waals surface area contributed by atoms with Crippen LogP contribution in [0.2, 0.25) is 0 Å². The van der Waals surface area contributed by atoms with E-state index in [-0.39, 0.29) is 6.61 Å². The van der Waals surface area contributed by atoms with E-state index >= 15 is 0 Å². The Morgan fingerprint density at radius 2 is 1.62 bits per heavy atom. The van der Waals surface area contributed by atoms with Crippen LogP contribution < -0.4 is 0 Å². The topological polar surface area (TPSA) is 38.7 Å². The van der Waals surface area contributed by atoms with Gasteiger partial charge < -0.3 is 14.6 Å². The number of aliphatic hydroxyl groups excluding tert-OH is 1. The number of hydrogen-bond acceptors (Lipinski definition) is 3. The van der Waals surface area contributed by atoms with Gasteiger partial charge in [-0.15, -0.1) is 0 Å². The molecule has 3 heteroatoms. The van der Waals surface area contributed by atoms with E-state index in [1.165, 1.54) is 0 Å². The molecule has 0 unspecified atom stereocenters. The van der Waals surface area contributed by atoms with Crippen molar-refractivity contribution >= 4 is 0 Å². The molecule has 0 aromatic heterocycles. The molecule has 0 radical (unpaired) electrons. The zero-order valence-corrected chi connectivity index (χ0v) is 5.68.